The maximum Gasteiger partial charge on any atom is 0.124 e. The molecule has 0 bridgehead atoms. The predicted molar refractivity (Wildman–Crippen MR) is 60.9 cm³/mol. The summed E-state index contributed by atoms with van der Waals surface area (Å²) in [5.74, 6) is 0.393. The van der Waals surface area contributed by atoms with Crippen LogP contribution >= 0.6 is 33.9 Å². The van der Waals surface area contributed by atoms with Crippen molar-refractivity contribution in [3.63, 3.8) is 0 Å². The number of aromatic hydroxyl groups is 1. The van der Waals surface area contributed by atoms with Crippen molar-refractivity contribution in [2.75, 3.05) is 0 Å². The third-order valence-corrected chi connectivity index (χ3v) is 4.53. The number of halogens is 1. The van der Waals surface area contributed by atoms with Crippen LogP contribution < -0.4 is 0 Å². The summed E-state index contributed by atoms with van der Waals surface area (Å²) < 4.78 is 2.43. The van der Waals surface area contributed by atoms with Crippen LogP contribution in [0.15, 0.2) is 17.5 Å². The Bertz CT molecular complexity index is 433. The summed E-state index contributed by atoms with van der Waals surface area (Å²) >= 11 is 3.99. The number of phenols is 1. The molecule has 0 saturated heterocycles. The van der Waals surface area contributed by atoms with Crippen LogP contribution in [0.5, 0.6) is 5.75 Å². The van der Waals surface area contributed by atoms with Crippen LogP contribution in [0.4, 0.5) is 0 Å². The Balaban J connectivity index is 2.97. The maximum atomic E-state index is 9.57. The summed E-state index contributed by atoms with van der Waals surface area (Å²) in [6, 6.07) is 3.77. The fraction of sp³-hybridized carbons (Fsp3) is 0.111. The number of hydrogen-bond acceptors (Lipinski definition) is 2. The molecule has 0 aliphatic carbocycles. The second-order valence-corrected chi connectivity index (χ2v) is 4.68. The second-order valence-electron chi connectivity index (χ2n) is 2.69. The fourth-order valence-electron chi connectivity index (χ4n) is 1.21. The molecular weight excluding hydrogens is 283 g/mol. The van der Waals surface area contributed by atoms with Crippen LogP contribution in [-0.4, -0.2) is 5.11 Å². The molecule has 0 saturated carbocycles. The van der Waals surface area contributed by atoms with Gasteiger partial charge >= 0.3 is 0 Å². The van der Waals surface area contributed by atoms with Crippen LogP contribution in [-0.2, 0) is 0 Å². The van der Waals surface area contributed by atoms with Crippen molar-refractivity contribution < 1.29 is 5.11 Å². The van der Waals surface area contributed by atoms with E-state index < -0.39 is 0 Å². The van der Waals surface area contributed by atoms with Crippen molar-refractivity contribution in [2.24, 2.45) is 0 Å². The normalized spacial score (nSPS) is 10.8. The SMILES string of the molecule is Cc1cc(O)c2ccsc2c1I. The predicted octanol–water partition coefficient (Wildman–Crippen LogP) is 3.52. The molecule has 0 amide bonds. The molecule has 0 aliphatic rings. The maximum absolute atomic E-state index is 9.57. The van der Waals surface area contributed by atoms with Gasteiger partial charge in [-0.25, -0.2) is 0 Å². The van der Waals surface area contributed by atoms with Crippen molar-refractivity contribution >= 4 is 44.0 Å². The standard InChI is InChI=1S/C9H7IOS/c1-5-4-7(11)6-2-3-12-9(6)8(5)10/h2-4,11H,1H3. The minimum absolute atomic E-state index is 0.393. The Morgan fingerprint density at radius 1 is 1.50 bits per heavy atom. The van der Waals surface area contributed by atoms with Gasteiger partial charge in [-0.3, -0.25) is 0 Å². The molecule has 1 aromatic carbocycles. The Labute approximate surface area is 88.2 Å². The molecule has 12 heavy (non-hydrogen) atoms. The summed E-state index contributed by atoms with van der Waals surface area (Å²) in [5, 5.41) is 12.5. The lowest BCUT2D eigenvalue weighted by Crippen LogP contribution is -1.79. The van der Waals surface area contributed by atoms with E-state index in [1.807, 2.05) is 24.4 Å². The number of phenolic OH excluding ortho intramolecular Hbond substituents is 1. The van der Waals surface area contributed by atoms with E-state index >= 15 is 0 Å². The van der Waals surface area contributed by atoms with Gasteiger partial charge in [0.15, 0.2) is 0 Å². The minimum Gasteiger partial charge on any atom is -0.507 e. The van der Waals surface area contributed by atoms with Crippen molar-refractivity contribution in [1.82, 2.24) is 0 Å². The highest BCUT2D eigenvalue weighted by Crippen LogP contribution is 2.34. The largest absolute Gasteiger partial charge is 0.507 e. The highest BCUT2D eigenvalue weighted by molar-refractivity contribution is 14.1. The number of rotatable bonds is 0. The zero-order valence-electron chi connectivity index (χ0n) is 6.47. The molecule has 1 N–H and O–H groups in total. The van der Waals surface area contributed by atoms with E-state index in [1.165, 1.54) is 8.27 Å². The number of fused-ring (bicyclic) bond motifs is 1. The van der Waals surface area contributed by atoms with Crippen LogP contribution in [0.2, 0.25) is 0 Å². The molecule has 0 aliphatic heterocycles. The van der Waals surface area contributed by atoms with Gasteiger partial charge in [0.05, 0.1) is 4.70 Å². The van der Waals surface area contributed by atoms with Gasteiger partial charge in [0.2, 0.25) is 0 Å². The van der Waals surface area contributed by atoms with E-state index in [9.17, 15) is 5.11 Å². The molecule has 0 fully saturated rings. The topological polar surface area (TPSA) is 20.2 Å². The van der Waals surface area contributed by atoms with E-state index in [2.05, 4.69) is 22.6 Å². The van der Waals surface area contributed by atoms with Crippen molar-refractivity contribution in [1.29, 1.82) is 0 Å². The van der Waals surface area contributed by atoms with Crippen molar-refractivity contribution in [3.05, 3.63) is 26.6 Å². The molecular formula is C9H7IOS. The van der Waals surface area contributed by atoms with Gasteiger partial charge < -0.3 is 5.11 Å². The van der Waals surface area contributed by atoms with Gasteiger partial charge in [0.25, 0.3) is 0 Å². The van der Waals surface area contributed by atoms with Gasteiger partial charge in [-0.15, -0.1) is 11.3 Å². The van der Waals surface area contributed by atoms with Crippen LogP contribution in [0.1, 0.15) is 5.56 Å². The van der Waals surface area contributed by atoms with Gasteiger partial charge in [0, 0.05) is 8.96 Å². The summed E-state index contributed by atoms with van der Waals surface area (Å²) in [6.07, 6.45) is 0. The molecule has 62 valence electrons. The highest BCUT2D eigenvalue weighted by atomic mass is 127. The van der Waals surface area contributed by atoms with E-state index in [-0.39, 0.29) is 0 Å². The summed E-state index contributed by atoms with van der Waals surface area (Å²) in [6.45, 7) is 2.01. The summed E-state index contributed by atoms with van der Waals surface area (Å²) in [7, 11) is 0. The van der Waals surface area contributed by atoms with Crippen LogP contribution in [0.25, 0.3) is 10.1 Å². The lowest BCUT2D eigenvalue weighted by molar-refractivity contribution is 0.481. The second kappa shape index (κ2) is 2.88. The smallest absolute Gasteiger partial charge is 0.124 e. The average Bonchev–Trinajstić information content (AvgIpc) is 2.48. The lowest BCUT2D eigenvalue weighted by atomic mass is 10.2. The van der Waals surface area contributed by atoms with E-state index in [0.717, 1.165) is 10.9 Å². The lowest BCUT2D eigenvalue weighted by Gasteiger charge is -2.01. The molecule has 0 unspecified atom stereocenters. The Morgan fingerprint density at radius 3 is 3.00 bits per heavy atom. The molecule has 2 aromatic rings. The van der Waals surface area contributed by atoms with Gasteiger partial charge in [-0.05, 0) is 52.6 Å². The molecule has 1 heterocycles. The Morgan fingerprint density at radius 2 is 2.25 bits per heavy atom. The Hall–Kier alpha value is -0.290. The van der Waals surface area contributed by atoms with E-state index in [1.54, 1.807) is 11.3 Å². The van der Waals surface area contributed by atoms with Crippen molar-refractivity contribution in [2.45, 2.75) is 6.92 Å². The van der Waals surface area contributed by atoms with E-state index in [0.29, 0.717) is 5.75 Å². The molecule has 1 nitrogen and oxygen atoms in total. The molecule has 0 spiro atoms. The molecule has 0 atom stereocenters. The number of hydrogen-bond donors (Lipinski definition) is 1. The Kier molecular flexibility index (Phi) is 2.00. The molecule has 2 rings (SSSR count). The van der Waals surface area contributed by atoms with E-state index in [4.69, 9.17) is 0 Å². The zero-order chi connectivity index (χ0) is 8.72. The quantitative estimate of drug-likeness (QED) is 0.736. The third kappa shape index (κ3) is 1.11. The minimum atomic E-state index is 0.393. The van der Waals surface area contributed by atoms with Crippen LogP contribution in [0, 0.1) is 10.5 Å². The third-order valence-electron chi connectivity index (χ3n) is 1.84. The van der Waals surface area contributed by atoms with Gasteiger partial charge in [0.1, 0.15) is 5.75 Å². The first-order valence-electron chi connectivity index (χ1n) is 3.55. The summed E-state index contributed by atoms with van der Waals surface area (Å²) in [5.41, 5.74) is 1.14. The first-order valence-corrected chi connectivity index (χ1v) is 5.51. The van der Waals surface area contributed by atoms with Crippen LogP contribution in [0.3, 0.4) is 0 Å². The van der Waals surface area contributed by atoms with Gasteiger partial charge in [-0.1, -0.05) is 0 Å². The zero-order valence-corrected chi connectivity index (χ0v) is 9.44. The van der Waals surface area contributed by atoms with Gasteiger partial charge in [-0.2, -0.15) is 0 Å². The fourth-order valence-corrected chi connectivity index (χ4v) is 2.94. The highest BCUT2D eigenvalue weighted by Gasteiger charge is 2.07. The average molecular weight is 290 g/mol. The summed E-state index contributed by atoms with van der Waals surface area (Å²) in [4.78, 5) is 0. The number of benzene rings is 1. The molecule has 3 heteroatoms. The number of thiophene rings is 1. The molecule has 1 aromatic heterocycles. The molecule has 0 radical (unpaired) electrons. The monoisotopic (exact) mass is 290 g/mol. The van der Waals surface area contributed by atoms with Crippen molar-refractivity contribution in [3.8, 4) is 5.75 Å². The first kappa shape index (κ1) is 8.31. The first-order chi connectivity index (χ1) is 5.70. The number of aryl methyl sites for hydroxylation is 1.